The number of carbonyl (C=O) groups excluding carboxylic acids is 2. The van der Waals surface area contributed by atoms with Crippen molar-refractivity contribution in [2.75, 3.05) is 0 Å². The number of amides is 2. The molecule has 1 aromatic rings. The summed E-state index contributed by atoms with van der Waals surface area (Å²) >= 11 is 0. The zero-order valence-electron chi connectivity index (χ0n) is 17.3. The minimum atomic E-state index is -0.695. The van der Waals surface area contributed by atoms with Gasteiger partial charge >= 0.3 is 6.09 Å². The van der Waals surface area contributed by atoms with Gasteiger partial charge in [-0.25, -0.2) is 4.79 Å². The third-order valence-electron chi connectivity index (χ3n) is 4.35. The summed E-state index contributed by atoms with van der Waals surface area (Å²) in [4.78, 5) is 25.1. The number of ether oxygens (including phenoxy) is 1. The van der Waals surface area contributed by atoms with Crippen molar-refractivity contribution in [1.82, 2.24) is 10.6 Å². The summed E-state index contributed by atoms with van der Waals surface area (Å²) < 4.78 is 5.34. The van der Waals surface area contributed by atoms with Gasteiger partial charge in [0.05, 0.1) is 0 Å². The maximum absolute atomic E-state index is 12.9. The van der Waals surface area contributed by atoms with Gasteiger partial charge in [0, 0.05) is 12.5 Å². The highest BCUT2D eigenvalue weighted by atomic mass is 16.6. The van der Waals surface area contributed by atoms with E-state index in [1.807, 2.05) is 37.3 Å². The van der Waals surface area contributed by atoms with Crippen molar-refractivity contribution in [2.45, 2.75) is 71.1 Å². The predicted molar refractivity (Wildman–Crippen MR) is 112 cm³/mol. The van der Waals surface area contributed by atoms with Gasteiger partial charge in [0.2, 0.25) is 5.91 Å². The van der Waals surface area contributed by atoms with Crippen LogP contribution >= 0.6 is 0 Å². The second-order valence-electron chi connectivity index (χ2n) is 8.29. The van der Waals surface area contributed by atoms with Gasteiger partial charge < -0.3 is 15.4 Å². The maximum Gasteiger partial charge on any atom is 0.408 e. The molecule has 2 N–H and O–H groups in total. The summed E-state index contributed by atoms with van der Waals surface area (Å²) in [7, 11) is 0. The van der Waals surface area contributed by atoms with E-state index in [1.165, 1.54) is 5.57 Å². The molecule has 2 rings (SSSR count). The van der Waals surface area contributed by atoms with E-state index in [1.54, 1.807) is 20.8 Å². The molecule has 0 heterocycles. The zero-order valence-corrected chi connectivity index (χ0v) is 17.3. The molecule has 2 amide bonds. The van der Waals surface area contributed by atoms with E-state index in [4.69, 9.17) is 4.74 Å². The number of alkyl carbamates (subject to hydrolysis) is 1. The molecule has 2 atom stereocenters. The van der Waals surface area contributed by atoms with Crippen LogP contribution in [0.15, 0.2) is 54.1 Å². The first-order valence-electron chi connectivity index (χ1n) is 9.91. The highest BCUT2D eigenvalue weighted by Gasteiger charge is 2.25. The van der Waals surface area contributed by atoms with Crippen molar-refractivity contribution in [1.29, 1.82) is 0 Å². The van der Waals surface area contributed by atoms with Crippen LogP contribution in [0.1, 0.15) is 52.5 Å². The molecule has 152 valence electrons. The number of allylic oxidation sites excluding steroid dienone is 3. The topological polar surface area (TPSA) is 67.4 Å². The zero-order chi connectivity index (χ0) is 20.6. The predicted octanol–water partition coefficient (Wildman–Crippen LogP) is 4.29. The molecule has 1 aliphatic carbocycles. The Kier molecular flexibility index (Phi) is 7.85. The fraction of sp³-hybridized carbons (Fsp3) is 0.478. The molecule has 0 saturated heterocycles. The molecule has 28 heavy (non-hydrogen) atoms. The smallest absolute Gasteiger partial charge is 0.408 e. The van der Waals surface area contributed by atoms with Gasteiger partial charge in [-0.2, -0.15) is 0 Å². The fourth-order valence-corrected chi connectivity index (χ4v) is 3.12. The number of rotatable bonds is 7. The standard InChI is InChI=1S/C23H32N2O3/c1-17(15-18-11-7-5-8-12-18)24-21(26)20(16-19-13-9-6-10-14-19)25-22(27)28-23(2,3)4/h5-7,9-11,13-14,17,20H,8,12,15-16H2,1-4H3,(H,24,26)(H,25,27)/t17-,20?/m0/s1. The first-order chi connectivity index (χ1) is 13.2. The molecule has 0 radical (unpaired) electrons. The molecule has 5 heteroatoms. The van der Waals surface area contributed by atoms with E-state index in [9.17, 15) is 9.59 Å². The van der Waals surface area contributed by atoms with Crippen LogP contribution in [0.25, 0.3) is 0 Å². The van der Waals surface area contributed by atoms with E-state index in [-0.39, 0.29) is 11.9 Å². The molecule has 0 bridgehead atoms. The SMILES string of the molecule is C[C@@H](CC1=CC=CCC1)NC(=O)C(Cc1ccccc1)NC(=O)OC(C)(C)C. The lowest BCUT2D eigenvalue weighted by molar-refractivity contribution is -0.123. The molecule has 0 aliphatic heterocycles. The van der Waals surface area contributed by atoms with Crippen molar-refractivity contribution in [3.63, 3.8) is 0 Å². The third kappa shape index (κ3) is 7.99. The highest BCUT2D eigenvalue weighted by molar-refractivity contribution is 5.86. The first-order valence-corrected chi connectivity index (χ1v) is 9.91. The second-order valence-corrected chi connectivity index (χ2v) is 8.29. The van der Waals surface area contributed by atoms with Crippen molar-refractivity contribution in [3.8, 4) is 0 Å². The van der Waals surface area contributed by atoms with Crippen LogP contribution < -0.4 is 10.6 Å². The van der Waals surface area contributed by atoms with Crippen molar-refractivity contribution < 1.29 is 14.3 Å². The third-order valence-corrected chi connectivity index (χ3v) is 4.35. The number of hydrogen-bond acceptors (Lipinski definition) is 3. The van der Waals surface area contributed by atoms with Gasteiger partial charge in [0.1, 0.15) is 11.6 Å². The Morgan fingerprint density at radius 3 is 2.43 bits per heavy atom. The average molecular weight is 385 g/mol. The maximum atomic E-state index is 12.9. The van der Waals surface area contributed by atoms with E-state index >= 15 is 0 Å². The molecular formula is C23H32N2O3. The molecule has 0 fully saturated rings. The molecule has 1 unspecified atom stereocenters. The molecule has 0 saturated carbocycles. The number of nitrogens with one attached hydrogen (secondary N) is 2. The lowest BCUT2D eigenvalue weighted by Gasteiger charge is -2.25. The molecule has 1 aromatic carbocycles. The van der Waals surface area contributed by atoms with E-state index in [2.05, 4.69) is 28.9 Å². The number of hydrogen-bond donors (Lipinski definition) is 2. The minimum absolute atomic E-state index is 0.0102. The van der Waals surface area contributed by atoms with Crippen LogP contribution in [0, 0.1) is 0 Å². The van der Waals surface area contributed by atoms with E-state index in [0.717, 1.165) is 24.8 Å². The average Bonchev–Trinajstić information content (AvgIpc) is 2.61. The van der Waals surface area contributed by atoms with Crippen molar-refractivity contribution in [2.24, 2.45) is 0 Å². The Hall–Kier alpha value is -2.56. The summed E-state index contributed by atoms with van der Waals surface area (Å²) in [5.74, 6) is -0.200. The lowest BCUT2D eigenvalue weighted by atomic mass is 9.98. The Morgan fingerprint density at radius 2 is 1.82 bits per heavy atom. The number of carbonyl (C=O) groups is 2. The molecule has 1 aliphatic rings. The van der Waals surface area contributed by atoms with Gasteiger partial charge in [0.15, 0.2) is 0 Å². The van der Waals surface area contributed by atoms with Crippen molar-refractivity contribution in [3.05, 3.63) is 59.7 Å². The van der Waals surface area contributed by atoms with Gasteiger partial charge in [0.25, 0.3) is 0 Å². The summed E-state index contributed by atoms with van der Waals surface area (Å²) in [6.45, 7) is 7.39. The van der Waals surface area contributed by atoms with Crippen molar-refractivity contribution >= 4 is 12.0 Å². The second kappa shape index (κ2) is 10.1. The Labute approximate surface area is 168 Å². The normalized spacial score (nSPS) is 15.9. The molecular weight excluding hydrogens is 352 g/mol. The Bertz CT molecular complexity index is 717. The van der Waals surface area contributed by atoms with Crippen LogP contribution in [-0.4, -0.2) is 29.7 Å². The van der Waals surface area contributed by atoms with E-state index < -0.39 is 17.7 Å². The molecule has 0 aromatic heterocycles. The van der Waals surface area contributed by atoms with Gasteiger partial charge in [-0.1, -0.05) is 54.1 Å². The van der Waals surface area contributed by atoms with Crippen LogP contribution in [-0.2, 0) is 16.0 Å². The van der Waals surface area contributed by atoms with Gasteiger partial charge in [-0.05, 0) is 52.5 Å². The fourth-order valence-electron chi connectivity index (χ4n) is 3.12. The van der Waals surface area contributed by atoms with Crippen LogP contribution in [0.5, 0.6) is 0 Å². The quantitative estimate of drug-likeness (QED) is 0.737. The highest BCUT2D eigenvalue weighted by Crippen LogP contribution is 2.17. The monoisotopic (exact) mass is 384 g/mol. The summed E-state index contributed by atoms with van der Waals surface area (Å²) in [6.07, 6.45) is 9.03. The Balaban J connectivity index is 2.01. The minimum Gasteiger partial charge on any atom is -0.444 e. The number of benzene rings is 1. The summed E-state index contributed by atoms with van der Waals surface area (Å²) in [6, 6.07) is 8.95. The first kappa shape index (κ1) is 21.7. The van der Waals surface area contributed by atoms with Crippen LogP contribution in [0.2, 0.25) is 0 Å². The molecule has 5 nitrogen and oxygen atoms in total. The van der Waals surface area contributed by atoms with Gasteiger partial charge in [-0.3, -0.25) is 4.79 Å². The van der Waals surface area contributed by atoms with Crippen LogP contribution in [0.4, 0.5) is 4.79 Å². The lowest BCUT2D eigenvalue weighted by Crippen LogP contribution is -2.51. The van der Waals surface area contributed by atoms with Crippen LogP contribution in [0.3, 0.4) is 0 Å². The van der Waals surface area contributed by atoms with Gasteiger partial charge in [-0.15, -0.1) is 0 Å². The summed E-state index contributed by atoms with van der Waals surface area (Å²) in [5.41, 5.74) is 1.69. The summed E-state index contributed by atoms with van der Waals surface area (Å²) in [5, 5.41) is 5.77. The van der Waals surface area contributed by atoms with E-state index in [0.29, 0.717) is 6.42 Å². The largest absolute Gasteiger partial charge is 0.444 e. The molecule has 0 spiro atoms. The Morgan fingerprint density at radius 1 is 1.11 bits per heavy atom.